The third kappa shape index (κ3) is 3.61. The predicted molar refractivity (Wildman–Crippen MR) is 66.8 cm³/mol. The summed E-state index contributed by atoms with van der Waals surface area (Å²) in [5, 5.41) is 12.2. The van der Waals surface area contributed by atoms with E-state index >= 15 is 0 Å². The lowest BCUT2D eigenvalue weighted by molar-refractivity contribution is -0.133. The van der Waals surface area contributed by atoms with Crippen molar-refractivity contribution < 1.29 is 9.90 Å². The minimum atomic E-state index is 0. The van der Waals surface area contributed by atoms with Crippen molar-refractivity contribution in [3.05, 3.63) is 0 Å². The zero-order valence-electron chi connectivity index (χ0n) is 10.2. The molecule has 1 aliphatic rings. The summed E-state index contributed by atoms with van der Waals surface area (Å²) in [5.41, 5.74) is 0.0659. The van der Waals surface area contributed by atoms with Crippen molar-refractivity contribution in [2.75, 3.05) is 33.3 Å². The van der Waals surface area contributed by atoms with Crippen LogP contribution in [0.15, 0.2) is 0 Å². The maximum absolute atomic E-state index is 11.6. The van der Waals surface area contributed by atoms with Gasteiger partial charge in [0.2, 0.25) is 5.91 Å². The van der Waals surface area contributed by atoms with E-state index in [1.54, 1.807) is 7.05 Å². The fraction of sp³-hybridized carbons (Fsp3) is 0.909. The topological polar surface area (TPSA) is 52.6 Å². The van der Waals surface area contributed by atoms with Gasteiger partial charge < -0.3 is 15.3 Å². The monoisotopic (exact) mass is 250 g/mol. The molecule has 16 heavy (non-hydrogen) atoms. The Labute approximate surface area is 104 Å². The van der Waals surface area contributed by atoms with Crippen LogP contribution in [0.1, 0.15) is 26.2 Å². The molecule has 0 spiro atoms. The summed E-state index contributed by atoms with van der Waals surface area (Å²) < 4.78 is 0. The normalized spacial score (nSPS) is 19.1. The van der Waals surface area contributed by atoms with Crippen LogP contribution in [0.25, 0.3) is 0 Å². The highest BCUT2D eigenvalue weighted by Gasteiger charge is 2.33. The van der Waals surface area contributed by atoms with E-state index in [1.165, 1.54) is 0 Å². The average molecular weight is 251 g/mol. The van der Waals surface area contributed by atoms with Crippen molar-refractivity contribution in [1.29, 1.82) is 0 Å². The highest BCUT2D eigenvalue weighted by Crippen LogP contribution is 2.33. The first-order valence-electron chi connectivity index (χ1n) is 5.70. The highest BCUT2D eigenvalue weighted by molar-refractivity contribution is 5.85. The van der Waals surface area contributed by atoms with Gasteiger partial charge in [-0.25, -0.2) is 0 Å². The summed E-state index contributed by atoms with van der Waals surface area (Å²) in [6.07, 6.45) is 2.85. The number of nitrogens with one attached hydrogen (secondary N) is 1. The van der Waals surface area contributed by atoms with Gasteiger partial charge in [-0.2, -0.15) is 0 Å². The molecule has 1 heterocycles. The number of likely N-dealkylation sites (N-methyl/N-ethyl adjacent to an activating group) is 1. The van der Waals surface area contributed by atoms with Gasteiger partial charge in [0.25, 0.3) is 0 Å². The number of carbonyl (C=O) groups excluding carboxylic acids is 1. The Hall–Kier alpha value is -0.320. The molecule has 4 nitrogen and oxygen atoms in total. The molecule has 5 heteroatoms. The third-order valence-electron chi connectivity index (χ3n) is 3.59. The number of nitrogens with zero attached hydrogens (tertiary/aromatic N) is 1. The first-order chi connectivity index (χ1) is 7.17. The van der Waals surface area contributed by atoms with E-state index in [2.05, 4.69) is 12.2 Å². The van der Waals surface area contributed by atoms with Crippen LogP contribution in [0, 0.1) is 5.41 Å². The van der Waals surface area contributed by atoms with Gasteiger partial charge in [0.05, 0.1) is 6.54 Å². The van der Waals surface area contributed by atoms with Crippen LogP contribution in [-0.4, -0.2) is 49.2 Å². The predicted octanol–water partition coefficient (Wildman–Crippen LogP) is 0.639. The Bertz CT molecular complexity index is 210. The molecule has 0 radical (unpaired) electrons. The van der Waals surface area contributed by atoms with Gasteiger partial charge in [0.15, 0.2) is 0 Å². The molecule has 1 fully saturated rings. The second-order valence-electron chi connectivity index (χ2n) is 4.42. The Kier molecular flexibility index (Phi) is 6.95. The molecule has 0 unspecified atom stereocenters. The van der Waals surface area contributed by atoms with Gasteiger partial charge in [-0.05, 0) is 31.7 Å². The van der Waals surface area contributed by atoms with Gasteiger partial charge in [-0.1, -0.05) is 6.92 Å². The molecule has 0 bridgehead atoms. The van der Waals surface area contributed by atoms with Gasteiger partial charge in [-0.3, -0.25) is 4.79 Å². The van der Waals surface area contributed by atoms with Gasteiger partial charge in [-0.15, -0.1) is 12.4 Å². The molecule has 2 N–H and O–H groups in total. The number of piperidine rings is 1. The van der Waals surface area contributed by atoms with Crippen molar-refractivity contribution in [1.82, 2.24) is 10.2 Å². The summed E-state index contributed by atoms with van der Waals surface area (Å²) in [4.78, 5) is 13.5. The number of rotatable bonds is 4. The largest absolute Gasteiger partial charge is 0.396 e. The molecular weight excluding hydrogens is 228 g/mol. The Morgan fingerprint density at radius 3 is 2.38 bits per heavy atom. The van der Waals surface area contributed by atoms with Crippen LogP contribution in [0.3, 0.4) is 0 Å². The minimum absolute atomic E-state index is 0. The van der Waals surface area contributed by atoms with Crippen LogP contribution >= 0.6 is 12.4 Å². The number of amides is 1. The molecule has 1 amide bonds. The van der Waals surface area contributed by atoms with Gasteiger partial charge >= 0.3 is 0 Å². The zero-order chi connectivity index (χ0) is 11.3. The lowest BCUT2D eigenvalue weighted by Crippen LogP contribution is -2.46. The Balaban J connectivity index is 0.00000225. The van der Waals surface area contributed by atoms with Crippen LogP contribution in [0.5, 0.6) is 0 Å². The van der Waals surface area contributed by atoms with Crippen molar-refractivity contribution >= 4 is 18.3 Å². The number of carbonyl (C=O) groups is 1. The van der Waals surface area contributed by atoms with Crippen molar-refractivity contribution in [2.24, 2.45) is 5.41 Å². The van der Waals surface area contributed by atoms with Crippen LogP contribution in [0.4, 0.5) is 0 Å². The first-order valence-corrected chi connectivity index (χ1v) is 5.70. The Morgan fingerprint density at radius 2 is 2.00 bits per heavy atom. The van der Waals surface area contributed by atoms with Crippen molar-refractivity contribution in [3.63, 3.8) is 0 Å². The zero-order valence-corrected chi connectivity index (χ0v) is 11.0. The second kappa shape index (κ2) is 7.09. The summed E-state index contributed by atoms with van der Waals surface area (Å²) >= 11 is 0. The molecular formula is C11H23ClN2O2. The molecule has 0 atom stereocenters. The number of likely N-dealkylation sites (tertiary alicyclic amines) is 1. The van der Waals surface area contributed by atoms with Crippen LogP contribution in [-0.2, 0) is 4.79 Å². The van der Waals surface area contributed by atoms with Crippen LogP contribution in [0.2, 0.25) is 0 Å². The number of aliphatic hydroxyl groups excluding tert-OH is 1. The molecule has 0 aromatic rings. The van der Waals surface area contributed by atoms with Crippen LogP contribution < -0.4 is 5.32 Å². The number of aliphatic hydroxyl groups is 1. The molecule has 96 valence electrons. The van der Waals surface area contributed by atoms with E-state index in [4.69, 9.17) is 0 Å². The smallest absolute Gasteiger partial charge is 0.236 e. The number of halogens is 1. The van der Waals surface area contributed by atoms with E-state index in [0.29, 0.717) is 6.54 Å². The van der Waals surface area contributed by atoms with E-state index in [-0.39, 0.29) is 30.3 Å². The van der Waals surface area contributed by atoms with Crippen molar-refractivity contribution in [2.45, 2.75) is 26.2 Å². The summed E-state index contributed by atoms with van der Waals surface area (Å²) in [6.45, 7) is 4.35. The molecule has 1 saturated heterocycles. The molecule has 0 aromatic heterocycles. The molecule has 0 aliphatic carbocycles. The van der Waals surface area contributed by atoms with E-state index in [1.807, 2.05) is 4.90 Å². The third-order valence-corrected chi connectivity index (χ3v) is 3.59. The van der Waals surface area contributed by atoms with Crippen molar-refractivity contribution in [3.8, 4) is 0 Å². The van der Waals surface area contributed by atoms with E-state index in [9.17, 15) is 9.90 Å². The Morgan fingerprint density at radius 1 is 1.44 bits per heavy atom. The number of hydrogen-bond donors (Lipinski definition) is 2. The number of hydrogen-bond acceptors (Lipinski definition) is 3. The SMILES string of the molecule is CCC1(CO)CCN(C(=O)CNC)CC1.Cl. The fourth-order valence-corrected chi connectivity index (χ4v) is 2.12. The standard InChI is InChI=1S/C11H22N2O2.ClH/c1-3-11(9-14)4-6-13(7-5-11)10(15)8-12-2;/h12,14H,3-9H2,1-2H3;1H. The van der Waals surface area contributed by atoms with Gasteiger partial charge in [0, 0.05) is 19.7 Å². The minimum Gasteiger partial charge on any atom is -0.396 e. The maximum atomic E-state index is 11.6. The van der Waals surface area contributed by atoms with Gasteiger partial charge in [0.1, 0.15) is 0 Å². The molecule has 1 rings (SSSR count). The maximum Gasteiger partial charge on any atom is 0.236 e. The summed E-state index contributed by atoms with van der Waals surface area (Å²) in [6, 6.07) is 0. The lowest BCUT2D eigenvalue weighted by atomic mass is 9.77. The quantitative estimate of drug-likeness (QED) is 0.770. The highest BCUT2D eigenvalue weighted by atomic mass is 35.5. The summed E-state index contributed by atoms with van der Waals surface area (Å²) in [7, 11) is 1.78. The second-order valence-corrected chi connectivity index (χ2v) is 4.42. The van der Waals surface area contributed by atoms with E-state index < -0.39 is 0 Å². The molecule has 1 aliphatic heterocycles. The molecule has 0 saturated carbocycles. The summed E-state index contributed by atoms with van der Waals surface area (Å²) in [5.74, 6) is 0.167. The lowest BCUT2D eigenvalue weighted by Gasteiger charge is -2.40. The fourth-order valence-electron chi connectivity index (χ4n) is 2.12. The first kappa shape index (κ1) is 15.7. The van der Waals surface area contributed by atoms with E-state index in [0.717, 1.165) is 32.4 Å². The molecule has 0 aromatic carbocycles. The average Bonchev–Trinajstić information content (AvgIpc) is 2.29.